The molecule has 74 valence electrons. The van der Waals surface area contributed by atoms with Crippen molar-refractivity contribution in [1.82, 2.24) is 3.33 Å². The first kappa shape index (κ1) is 12.3. The van der Waals surface area contributed by atoms with E-state index in [4.69, 9.17) is 0 Å². The maximum absolute atomic E-state index is 11.9. The van der Waals surface area contributed by atoms with Gasteiger partial charge in [-0.05, 0) is 6.42 Å². The first-order chi connectivity index (χ1) is 5.54. The van der Waals surface area contributed by atoms with E-state index in [1.54, 1.807) is 0 Å². The third kappa shape index (κ3) is 4.37. The van der Waals surface area contributed by atoms with E-state index in [0.717, 1.165) is 22.6 Å². The maximum Gasteiger partial charge on any atom is 0.253 e. The van der Waals surface area contributed by atoms with Crippen LogP contribution in [0, 0.1) is 0 Å². The van der Waals surface area contributed by atoms with Gasteiger partial charge in [-0.15, -0.1) is 3.33 Å². The summed E-state index contributed by atoms with van der Waals surface area (Å²) >= 11 is 2.80. The number of unbranched alkanes of at least 4 members (excludes halogenated alkanes) is 2. The summed E-state index contributed by atoms with van der Waals surface area (Å²) in [7, 11) is -3.70. The number of hydrogen-bond acceptors (Lipinski definition) is 2. The normalized spacial score (nSPS) is 12.3. The van der Waals surface area contributed by atoms with Crippen LogP contribution in [0.4, 0.5) is 4.39 Å². The summed E-state index contributed by atoms with van der Waals surface area (Å²) in [6.45, 7) is 2.35. The van der Waals surface area contributed by atoms with Crippen LogP contribution in [0.2, 0.25) is 0 Å². The molecule has 0 spiro atoms. The van der Waals surface area contributed by atoms with Gasteiger partial charge in [-0.1, -0.05) is 19.8 Å². The highest BCUT2D eigenvalue weighted by Gasteiger charge is 2.17. The smallest absolute Gasteiger partial charge is 0.232 e. The molecule has 0 aromatic carbocycles. The molecule has 0 saturated carbocycles. The zero-order valence-electron chi connectivity index (χ0n) is 6.96. The van der Waals surface area contributed by atoms with Gasteiger partial charge in [-0.3, -0.25) is 0 Å². The highest BCUT2D eigenvalue weighted by atomic mass is 79.9. The summed E-state index contributed by atoms with van der Waals surface area (Å²) in [5.74, 6) is 0. The molecule has 0 rings (SSSR count). The minimum atomic E-state index is -3.70. The van der Waals surface area contributed by atoms with Gasteiger partial charge in [0.2, 0.25) is 6.01 Å². The van der Waals surface area contributed by atoms with Crippen molar-refractivity contribution in [2.45, 2.75) is 26.2 Å². The predicted octanol–water partition coefficient (Wildman–Crippen LogP) is 2.05. The summed E-state index contributed by atoms with van der Waals surface area (Å²) in [5, 5.41) is 0. The molecule has 0 amide bonds. The molecule has 0 aliphatic heterocycles. The Kier molecular flexibility index (Phi) is 6.04. The molecule has 6 heteroatoms. The van der Waals surface area contributed by atoms with Gasteiger partial charge in [0, 0.05) is 22.7 Å². The Labute approximate surface area is 81.3 Å². The van der Waals surface area contributed by atoms with Crippen molar-refractivity contribution in [2.75, 3.05) is 12.6 Å². The van der Waals surface area contributed by atoms with Gasteiger partial charge in [-0.25, -0.2) is 12.8 Å². The molecule has 3 nitrogen and oxygen atoms in total. The van der Waals surface area contributed by atoms with Crippen molar-refractivity contribution < 1.29 is 12.8 Å². The number of nitrogens with zero attached hydrogens (tertiary/aromatic N) is 1. The van der Waals surface area contributed by atoms with Crippen molar-refractivity contribution in [3.63, 3.8) is 0 Å². The topological polar surface area (TPSA) is 37.4 Å². The number of alkyl halides is 1. The predicted molar refractivity (Wildman–Crippen MR) is 50.1 cm³/mol. The fourth-order valence-corrected chi connectivity index (χ4v) is 1.67. The van der Waals surface area contributed by atoms with Crippen molar-refractivity contribution in [3.05, 3.63) is 0 Å². The molecule has 0 aromatic heterocycles. The lowest BCUT2D eigenvalue weighted by atomic mass is 10.3. The summed E-state index contributed by atoms with van der Waals surface area (Å²) in [4.78, 5) is 0. The number of hydrogen-bond donors (Lipinski definition) is 0. The molecule has 0 aliphatic rings. The lowest BCUT2D eigenvalue weighted by Gasteiger charge is -2.11. The van der Waals surface area contributed by atoms with Crippen molar-refractivity contribution in [1.29, 1.82) is 0 Å². The minimum Gasteiger partial charge on any atom is -0.232 e. The number of halogens is 2. The Morgan fingerprint density at radius 1 is 1.42 bits per heavy atom. The summed E-state index contributed by atoms with van der Waals surface area (Å²) in [5.41, 5.74) is 0. The zero-order valence-corrected chi connectivity index (χ0v) is 9.37. The van der Waals surface area contributed by atoms with E-state index in [2.05, 4.69) is 16.1 Å². The SMILES string of the molecule is CCCCCN(Br)S(=O)(=O)CF. The van der Waals surface area contributed by atoms with E-state index < -0.39 is 16.0 Å². The van der Waals surface area contributed by atoms with Crippen LogP contribution in [0.25, 0.3) is 0 Å². The molecule has 0 unspecified atom stereocenters. The van der Waals surface area contributed by atoms with Crippen LogP contribution in [0.15, 0.2) is 0 Å². The molecule has 0 aliphatic carbocycles. The lowest BCUT2D eigenvalue weighted by Crippen LogP contribution is -2.23. The van der Waals surface area contributed by atoms with Gasteiger partial charge in [0.05, 0.1) is 0 Å². The van der Waals surface area contributed by atoms with E-state index in [1.165, 1.54) is 0 Å². The average molecular weight is 262 g/mol. The minimum absolute atomic E-state index is 0.333. The molecule has 0 fully saturated rings. The van der Waals surface area contributed by atoms with E-state index in [1.807, 2.05) is 6.92 Å². The second kappa shape index (κ2) is 5.88. The zero-order chi connectivity index (χ0) is 9.61. The maximum atomic E-state index is 11.9. The Balaban J connectivity index is 3.80. The third-order valence-electron chi connectivity index (χ3n) is 1.38. The van der Waals surface area contributed by atoms with E-state index in [0.29, 0.717) is 6.54 Å². The van der Waals surface area contributed by atoms with Crippen molar-refractivity contribution >= 4 is 26.2 Å². The molecule has 0 bridgehead atoms. The summed E-state index contributed by atoms with van der Waals surface area (Å²) < 4.78 is 34.4. The largest absolute Gasteiger partial charge is 0.253 e. The van der Waals surface area contributed by atoms with Crippen LogP contribution in [0.1, 0.15) is 26.2 Å². The third-order valence-corrected chi connectivity index (χ3v) is 4.12. The Hall–Kier alpha value is 0.320. The summed E-state index contributed by atoms with van der Waals surface area (Å²) in [6, 6.07) is -1.34. The molecule has 0 aromatic rings. The van der Waals surface area contributed by atoms with Gasteiger partial charge in [-0.2, -0.15) is 0 Å². The second-order valence-electron chi connectivity index (χ2n) is 2.44. The van der Waals surface area contributed by atoms with E-state index >= 15 is 0 Å². The van der Waals surface area contributed by atoms with E-state index in [9.17, 15) is 12.8 Å². The van der Waals surface area contributed by atoms with Gasteiger partial charge in [0.15, 0.2) is 0 Å². The quantitative estimate of drug-likeness (QED) is 0.542. The van der Waals surface area contributed by atoms with Crippen LogP contribution in [0.5, 0.6) is 0 Å². The number of sulfonamides is 1. The molecule has 0 heterocycles. The average Bonchev–Trinajstić information content (AvgIpc) is 2.05. The Morgan fingerprint density at radius 2 is 2.00 bits per heavy atom. The molecular formula is C6H13BrFNO2S. The highest BCUT2D eigenvalue weighted by Crippen LogP contribution is 2.10. The van der Waals surface area contributed by atoms with Crippen LogP contribution >= 0.6 is 16.1 Å². The molecule has 0 saturated heterocycles. The second-order valence-corrected chi connectivity index (χ2v) is 5.59. The van der Waals surface area contributed by atoms with Gasteiger partial charge in [0.25, 0.3) is 10.0 Å². The van der Waals surface area contributed by atoms with Crippen molar-refractivity contribution in [2.24, 2.45) is 0 Å². The van der Waals surface area contributed by atoms with Crippen LogP contribution in [-0.4, -0.2) is 24.3 Å². The summed E-state index contributed by atoms with van der Waals surface area (Å²) in [6.07, 6.45) is 2.71. The Morgan fingerprint density at radius 3 is 2.42 bits per heavy atom. The monoisotopic (exact) mass is 261 g/mol. The molecule has 12 heavy (non-hydrogen) atoms. The van der Waals surface area contributed by atoms with Crippen LogP contribution < -0.4 is 0 Å². The Bertz CT molecular complexity index is 208. The standard InChI is InChI=1S/C6H13BrFNO2S/c1-2-3-4-5-9(7)12(10,11)6-8/h2-6H2,1H3. The first-order valence-electron chi connectivity index (χ1n) is 3.76. The molecule has 0 radical (unpaired) electrons. The van der Waals surface area contributed by atoms with Crippen molar-refractivity contribution in [3.8, 4) is 0 Å². The lowest BCUT2D eigenvalue weighted by molar-refractivity contribution is 0.492. The van der Waals surface area contributed by atoms with Gasteiger partial charge < -0.3 is 0 Å². The molecule has 0 atom stereocenters. The number of rotatable bonds is 6. The van der Waals surface area contributed by atoms with E-state index in [-0.39, 0.29) is 0 Å². The fraction of sp³-hybridized carbons (Fsp3) is 1.00. The highest BCUT2D eigenvalue weighted by molar-refractivity contribution is 9.08. The molecule has 0 N–H and O–H groups in total. The first-order valence-corrected chi connectivity index (χ1v) is 6.08. The van der Waals surface area contributed by atoms with Gasteiger partial charge in [0.1, 0.15) is 0 Å². The van der Waals surface area contributed by atoms with Crippen LogP contribution in [0.3, 0.4) is 0 Å². The fourth-order valence-electron chi connectivity index (χ4n) is 0.678. The molecular weight excluding hydrogens is 249 g/mol. The van der Waals surface area contributed by atoms with Crippen LogP contribution in [-0.2, 0) is 10.0 Å². The van der Waals surface area contributed by atoms with Gasteiger partial charge >= 0.3 is 0 Å².